The molecule has 126 valence electrons. The summed E-state index contributed by atoms with van der Waals surface area (Å²) in [6, 6.07) is 30.6. The maximum atomic E-state index is 13.4. The van der Waals surface area contributed by atoms with Crippen molar-refractivity contribution in [1.82, 2.24) is 9.78 Å². The van der Waals surface area contributed by atoms with Gasteiger partial charge in [-0.25, -0.2) is 4.68 Å². The summed E-state index contributed by atoms with van der Waals surface area (Å²) in [5.74, 6) is 0.0256. The number of rotatable bonds is 5. The summed E-state index contributed by atoms with van der Waals surface area (Å²) < 4.78 is 1.82. The van der Waals surface area contributed by atoms with Gasteiger partial charge < -0.3 is 0 Å². The minimum Gasteiger partial charge on any atom is -0.291 e. The van der Waals surface area contributed by atoms with Crippen LogP contribution in [0.5, 0.6) is 0 Å². The van der Waals surface area contributed by atoms with Gasteiger partial charge in [0.25, 0.3) is 0 Å². The number of nitrogens with zero attached hydrogens (tertiary/aromatic N) is 2. The summed E-state index contributed by atoms with van der Waals surface area (Å²) in [6.07, 6.45) is 1.75. The van der Waals surface area contributed by atoms with Crippen molar-refractivity contribution in [3.05, 3.63) is 114 Å². The second kappa shape index (κ2) is 7.19. The molecule has 0 bridgehead atoms. The molecule has 0 amide bonds. The molecule has 0 fully saturated rings. The van der Waals surface area contributed by atoms with Crippen LogP contribution in [0.4, 0.5) is 0 Å². The summed E-state index contributed by atoms with van der Waals surface area (Å²) in [5.41, 5.74) is 3.55. The van der Waals surface area contributed by atoms with Crippen LogP contribution in [0.25, 0.3) is 11.3 Å². The monoisotopic (exact) mass is 338 g/mol. The topological polar surface area (TPSA) is 34.9 Å². The standard InChI is InChI=1S/C23H18N2O/c26-23(20-14-8-3-9-15-20)22(19-12-6-2-7-13-19)25-21(16-17-24-25)18-10-4-1-5-11-18/h1-17,22H/t22-/m1/s1. The molecule has 0 saturated carbocycles. The van der Waals surface area contributed by atoms with Crippen LogP contribution in [-0.4, -0.2) is 15.6 Å². The van der Waals surface area contributed by atoms with Gasteiger partial charge in [-0.15, -0.1) is 0 Å². The molecule has 0 radical (unpaired) electrons. The maximum absolute atomic E-state index is 13.4. The first kappa shape index (κ1) is 16.0. The van der Waals surface area contributed by atoms with Crippen LogP contribution in [0, 0.1) is 0 Å². The number of Topliss-reactive ketones (excluding diaryl/α,β-unsaturated/α-hetero) is 1. The van der Waals surface area contributed by atoms with Crippen molar-refractivity contribution in [1.29, 1.82) is 0 Å². The summed E-state index contributed by atoms with van der Waals surface area (Å²) in [4.78, 5) is 13.4. The molecular weight excluding hydrogens is 320 g/mol. The van der Waals surface area contributed by atoms with Gasteiger partial charge in [-0.2, -0.15) is 5.10 Å². The van der Waals surface area contributed by atoms with Crippen LogP contribution in [0.1, 0.15) is 22.0 Å². The second-order valence-corrected chi connectivity index (χ2v) is 6.07. The fraction of sp³-hybridized carbons (Fsp3) is 0.0435. The lowest BCUT2D eigenvalue weighted by Gasteiger charge is -2.20. The van der Waals surface area contributed by atoms with Crippen molar-refractivity contribution in [2.45, 2.75) is 6.04 Å². The van der Waals surface area contributed by atoms with E-state index in [1.54, 1.807) is 6.20 Å². The molecule has 3 nitrogen and oxygen atoms in total. The quantitative estimate of drug-likeness (QED) is 0.479. The predicted octanol–water partition coefficient (Wildman–Crippen LogP) is 5.02. The summed E-state index contributed by atoms with van der Waals surface area (Å²) in [6.45, 7) is 0. The molecule has 4 aromatic rings. The van der Waals surface area contributed by atoms with Gasteiger partial charge in [0.2, 0.25) is 0 Å². The van der Waals surface area contributed by atoms with Crippen molar-refractivity contribution in [2.24, 2.45) is 0 Å². The summed E-state index contributed by atoms with van der Waals surface area (Å²) in [5, 5.41) is 4.51. The van der Waals surface area contributed by atoms with E-state index in [1.165, 1.54) is 0 Å². The first-order chi connectivity index (χ1) is 12.8. The molecule has 1 aromatic heterocycles. The Balaban J connectivity index is 1.86. The zero-order valence-electron chi connectivity index (χ0n) is 14.2. The van der Waals surface area contributed by atoms with Crippen molar-refractivity contribution in [3.63, 3.8) is 0 Å². The van der Waals surface area contributed by atoms with E-state index in [4.69, 9.17) is 0 Å². The van der Waals surface area contributed by atoms with Gasteiger partial charge in [0.1, 0.15) is 6.04 Å². The maximum Gasteiger partial charge on any atom is 0.191 e. The van der Waals surface area contributed by atoms with E-state index in [1.807, 2.05) is 102 Å². The average molecular weight is 338 g/mol. The Morgan fingerprint density at radius 3 is 1.96 bits per heavy atom. The highest BCUT2D eigenvalue weighted by Crippen LogP contribution is 2.28. The largest absolute Gasteiger partial charge is 0.291 e. The van der Waals surface area contributed by atoms with E-state index in [9.17, 15) is 4.79 Å². The minimum atomic E-state index is -0.510. The Morgan fingerprint density at radius 2 is 1.31 bits per heavy atom. The Morgan fingerprint density at radius 1 is 0.731 bits per heavy atom. The first-order valence-electron chi connectivity index (χ1n) is 8.58. The van der Waals surface area contributed by atoms with Crippen LogP contribution < -0.4 is 0 Å². The van der Waals surface area contributed by atoms with Crippen molar-refractivity contribution in [2.75, 3.05) is 0 Å². The van der Waals surface area contributed by atoms with Crippen LogP contribution in [0.15, 0.2) is 103 Å². The lowest BCUT2D eigenvalue weighted by molar-refractivity contribution is 0.0940. The van der Waals surface area contributed by atoms with Crippen molar-refractivity contribution < 1.29 is 4.79 Å². The number of benzene rings is 3. The Kier molecular flexibility index (Phi) is 4.44. The van der Waals surface area contributed by atoms with Gasteiger partial charge in [-0.05, 0) is 17.2 Å². The fourth-order valence-electron chi connectivity index (χ4n) is 3.16. The molecule has 0 saturated heterocycles. The van der Waals surface area contributed by atoms with Gasteiger partial charge in [-0.1, -0.05) is 91.0 Å². The highest BCUT2D eigenvalue weighted by molar-refractivity contribution is 6.01. The van der Waals surface area contributed by atoms with Gasteiger partial charge in [-0.3, -0.25) is 4.79 Å². The normalized spacial score (nSPS) is 11.8. The molecule has 1 heterocycles. The zero-order chi connectivity index (χ0) is 17.8. The average Bonchev–Trinajstić information content (AvgIpc) is 3.19. The number of hydrogen-bond acceptors (Lipinski definition) is 2. The summed E-state index contributed by atoms with van der Waals surface area (Å²) in [7, 11) is 0. The van der Waals surface area contributed by atoms with E-state index in [0.29, 0.717) is 5.56 Å². The van der Waals surface area contributed by atoms with E-state index in [2.05, 4.69) is 5.10 Å². The lowest BCUT2D eigenvalue weighted by Crippen LogP contribution is -2.23. The first-order valence-corrected chi connectivity index (χ1v) is 8.58. The van der Waals surface area contributed by atoms with Gasteiger partial charge in [0, 0.05) is 11.8 Å². The van der Waals surface area contributed by atoms with Gasteiger partial charge in [0.05, 0.1) is 5.69 Å². The number of hydrogen-bond donors (Lipinski definition) is 0. The van der Waals surface area contributed by atoms with Crippen molar-refractivity contribution in [3.8, 4) is 11.3 Å². The number of aromatic nitrogens is 2. The second-order valence-electron chi connectivity index (χ2n) is 6.07. The molecule has 3 aromatic carbocycles. The molecule has 0 aliphatic rings. The molecule has 26 heavy (non-hydrogen) atoms. The molecule has 0 unspecified atom stereocenters. The van der Waals surface area contributed by atoms with Gasteiger partial charge >= 0.3 is 0 Å². The molecule has 1 atom stereocenters. The number of carbonyl (C=O) groups is 1. The Hall–Kier alpha value is -3.46. The van der Waals surface area contributed by atoms with Crippen LogP contribution in [0.2, 0.25) is 0 Å². The minimum absolute atomic E-state index is 0.0256. The predicted molar refractivity (Wildman–Crippen MR) is 103 cm³/mol. The fourth-order valence-corrected chi connectivity index (χ4v) is 3.16. The van der Waals surface area contributed by atoms with Crippen LogP contribution >= 0.6 is 0 Å². The molecule has 0 aliphatic carbocycles. The number of ketones is 1. The summed E-state index contributed by atoms with van der Waals surface area (Å²) >= 11 is 0. The van der Waals surface area contributed by atoms with Gasteiger partial charge in [0.15, 0.2) is 5.78 Å². The highest BCUT2D eigenvalue weighted by atomic mass is 16.1. The number of carbonyl (C=O) groups excluding carboxylic acids is 1. The third-order valence-corrected chi connectivity index (χ3v) is 4.41. The third kappa shape index (κ3) is 3.07. The van der Waals surface area contributed by atoms with E-state index >= 15 is 0 Å². The third-order valence-electron chi connectivity index (χ3n) is 4.41. The zero-order valence-corrected chi connectivity index (χ0v) is 14.2. The Bertz CT molecular complexity index is 992. The molecule has 0 aliphatic heterocycles. The molecular formula is C23H18N2O. The van der Waals surface area contributed by atoms with E-state index in [-0.39, 0.29) is 5.78 Å². The van der Waals surface area contributed by atoms with Crippen LogP contribution in [-0.2, 0) is 0 Å². The molecule has 0 N–H and O–H groups in total. The molecule has 3 heteroatoms. The van der Waals surface area contributed by atoms with Crippen LogP contribution in [0.3, 0.4) is 0 Å². The van der Waals surface area contributed by atoms with E-state index < -0.39 is 6.04 Å². The Labute approximate surface area is 152 Å². The molecule has 4 rings (SSSR count). The highest BCUT2D eigenvalue weighted by Gasteiger charge is 2.26. The smallest absolute Gasteiger partial charge is 0.191 e. The van der Waals surface area contributed by atoms with E-state index in [0.717, 1.165) is 16.8 Å². The van der Waals surface area contributed by atoms with Crippen molar-refractivity contribution >= 4 is 5.78 Å². The SMILES string of the molecule is O=C(c1ccccc1)[C@@H](c1ccccc1)n1nccc1-c1ccccc1. The lowest BCUT2D eigenvalue weighted by atomic mass is 9.97. The molecule has 0 spiro atoms.